The average molecular weight is 612 g/mol. The number of nitrogens with zero attached hydrogens (tertiary/aromatic N) is 3. The summed E-state index contributed by atoms with van der Waals surface area (Å²) in [5.74, 6) is -0.880. The molecule has 0 saturated heterocycles. The first-order valence-electron chi connectivity index (χ1n) is 14.5. The van der Waals surface area contributed by atoms with Crippen molar-refractivity contribution in [3.8, 4) is 0 Å². The van der Waals surface area contributed by atoms with Crippen LogP contribution in [0.15, 0.2) is 48.7 Å². The van der Waals surface area contributed by atoms with Crippen molar-refractivity contribution in [2.75, 3.05) is 28.7 Å². The number of benzene rings is 2. The number of hydrogen-bond acceptors (Lipinski definition) is 7. The zero-order valence-corrected chi connectivity index (χ0v) is 25.5. The minimum atomic E-state index is -0.621. The van der Waals surface area contributed by atoms with Gasteiger partial charge in [0.05, 0.1) is 6.61 Å². The van der Waals surface area contributed by atoms with E-state index >= 15 is 0 Å². The number of nitrogens with one attached hydrogen (secondary N) is 4. The molecular weight excluding hydrogens is 578 g/mol. The fraction of sp³-hybridized carbons (Fsp3) is 0.281. The topological polar surface area (TPSA) is 163 Å². The fourth-order valence-electron chi connectivity index (χ4n) is 5.43. The number of fused-ring (bicyclic) bond motifs is 4. The molecule has 0 bridgehead atoms. The Hall–Kier alpha value is -5.59. The Morgan fingerprint density at radius 3 is 2.49 bits per heavy atom. The number of imidazole rings is 1. The van der Waals surface area contributed by atoms with Gasteiger partial charge in [-0.2, -0.15) is 0 Å². The molecule has 0 fully saturated rings. The lowest BCUT2D eigenvalue weighted by Gasteiger charge is -2.19. The highest BCUT2D eigenvalue weighted by molar-refractivity contribution is 6.11. The van der Waals surface area contributed by atoms with Crippen LogP contribution < -0.4 is 15.5 Å². The van der Waals surface area contributed by atoms with Crippen LogP contribution in [0.1, 0.15) is 64.9 Å². The maximum absolute atomic E-state index is 13.7. The van der Waals surface area contributed by atoms with Gasteiger partial charge in [0.2, 0.25) is 5.82 Å². The van der Waals surface area contributed by atoms with E-state index in [1.807, 2.05) is 12.1 Å². The summed E-state index contributed by atoms with van der Waals surface area (Å²) < 4.78 is 11.8. The number of hydrogen-bond donors (Lipinski definition) is 4. The molecule has 1 aliphatic heterocycles. The quantitative estimate of drug-likeness (QED) is 0.188. The number of rotatable bonds is 6. The van der Waals surface area contributed by atoms with Gasteiger partial charge in [-0.1, -0.05) is 0 Å². The second-order valence-corrected chi connectivity index (χ2v) is 11.8. The number of amides is 3. The Kier molecular flexibility index (Phi) is 7.31. The molecule has 0 spiro atoms. The van der Waals surface area contributed by atoms with Crippen molar-refractivity contribution in [2.45, 2.75) is 39.7 Å². The summed E-state index contributed by atoms with van der Waals surface area (Å²) in [6.45, 7) is 7.78. The molecule has 3 aromatic heterocycles. The van der Waals surface area contributed by atoms with Crippen molar-refractivity contribution in [1.29, 1.82) is 0 Å². The fourth-order valence-corrected chi connectivity index (χ4v) is 5.43. The number of aryl methyl sites for hydroxylation is 1. The summed E-state index contributed by atoms with van der Waals surface area (Å²) in [7, 11) is 1.64. The van der Waals surface area contributed by atoms with Crippen LogP contribution in [0, 0.1) is 0 Å². The van der Waals surface area contributed by atoms with E-state index in [1.165, 1.54) is 10.8 Å². The Labute approximate surface area is 257 Å². The summed E-state index contributed by atoms with van der Waals surface area (Å²) in [5, 5.41) is 7.06. The first-order chi connectivity index (χ1) is 21.4. The first-order valence-corrected chi connectivity index (χ1v) is 14.5. The van der Waals surface area contributed by atoms with Gasteiger partial charge < -0.3 is 34.2 Å². The third-order valence-corrected chi connectivity index (χ3v) is 7.33. The summed E-state index contributed by atoms with van der Waals surface area (Å²) >= 11 is 0. The van der Waals surface area contributed by atoms with Crippen molar-refractivity contribution in [3.63, 3.8) is 0 Å². The van der Waals surface area contributed by atoms with E-state index in [0.29, 0.717) is 30.0 Å². The molecule has 1 aliphatic rings. The summed E-state index contributed by atoms with van der Waals surface area (Å²) in [5.41, 5.74) is 3.91. The van der Waals surface area contributed by atoms with Gasteiger partial charge in [0, 0.05) is 53.0 Å². The molecule has 0 saturated carbocycles. The third kappa shape index (κ3) is 5.84. The molecule has 0 aliphatic carbocycles. The standard InChI is InChI=1S/C32H33N7O6/c1-6-44-30(42)27-36-26(16-38(27)5)37-28(40)23-15-20-19-11-12-39(25(19)10-9-22(20)35-23)29(41)24-14-17-13-18(7-8-21(17)34-24)33-31(43)45-32(2,3)4/h7-10,13-16,34-35H,6,11-12H2,1-5H3,(H,33,43)(H,37,40). The van der Waals surface area contributed by atoms with Gasteiger partial charge in [-0.3, -0.25) is 14.9 Å². The molecule has 4 heterocycles. The number of H-pyrrole nitrogens is 2. The SMILES string of the molecule is CCOC(=O)c1nc(NC(=O)c2cc3c4c(ccc3[nH]2)N(C(=O)c2cc3cc(NC(=O)OC(C)(C)C)ccc3[nH]2)CC4)cn1C. The van der Waals surface area contributed by atoms with E-state index < -0.39 is 23.6 Å². The predicted molar refractivity (Wildman–Crippen MR) is 169 cm³/mol. The van der Waals surface area contributed by atoms with Crippen LogP contribution in [0.3, 0.4) is 0 Å². The van der Waals surface area contributed by atoms with Crippen molar-refractivity contribution >= 4 is 62.9 Å². The molecule has 232 valence electrons. The van der Waals surface area contributed by atoms with Gasteiger partial charge in [-0.15, -0.1) is 0 Å². The second-order valence-electron chi connectivity index (χ2n) is 11.8. The van der Waals surface area contributed by atoms with Crippen LogP contribution >= 0.6 is 0 Å². The zero-order valence-electron chi connectivity index (χ0n) is 25.5. The Bertz CT molecular complexity index is 1990. The Balaban J connectivity index is 1.19. The van der Waals surface area contributed by atoms with Crippen LogP contribution in [0.5, 0.6) is 0 Å². The Morgan fingerprint density at radius 1 is 0.978 bits per heavy atom. The van der Waals surface area contributed by atoms with Gasteiger partial charge in [-0.05, 0) is 82.1 Å². The Morgan fingerprint density at radius 2 is 1.73 bits per heavy atom. The van der Waals surface area contributed by atoms with E-state index in [1.54, 1.807) is 70.0 Å². The van der Waals surface area contributed by atoms with Gasteiger partial charge in [0.15, 0.2) is 5.82 Å². The van der Waals surface area contributed by atoms with Crippen LogP contribution in [-0.4, -0.2) is 62.1 Å². The molecule has 5 aromatic rings. The molecule has 13 nitrogen and oxygen atoms in total. The lowest BCUT2D eigenvalue weighted by molar-refractivity contribution is 0.0507. The molecule has 6 rings (SSSR count). The smallest absolute Gasteiger partial charge is 0.412 e. The number of carbonyl (C=O) groups is 4. The highest BCUT2D eigenvalue weighted by Gasteiger charge is 2.29. The second kappa shape index (κ2) is 11.2. The number of anilines is 3. The lowest BCUT2D eigenvalue weighted by Crippen LogP contribution is -2.29. The molecule has 13 heteroatoms. The van der Waals surface area contributed by atoms with Crippen molar-refractivity contribution in [2.24, 2.45) is 7.05 Å². The molecular formula is C32H33N7O6. The predicted octanol–water partition coefficient (Wildman–Crippen LogP) is 5.36. The summed E-state index contributed by atoms with van der Waals surface area (Å²) in [6.07, 6.45) is 1.60. The van der Waals surface area contributed by atoms with Crippen molar-refractivity contribution in [1.82, 2.24) is 19.5 Å². The molecule has 3 amide bonds. The number of esters is 1. The number of aromatic nitrogens is 4. The zero-order chi connectivity index (χ0) is 32.0. The molecule has 2 aromatic carbocycles. The van der Waals surface area contributed by atoms with Crippen LogP contribution in [0.2, 0.25) is 0 Å². The van der Waals surface area contributed by atoms with Crippen LogP contribution in [0.25, 0.3) is 21.8 Å². The average Bonchev–Trinajstić information content (AvgIpc) is 3.75. The first kappa shape index (κ1) is 29.5. The van der Waals surface area contributed by atoms with Crippen LogP contribution in [-0.2, 0) is 22.9 Å². The van der Waals surface area contributed by atoms with Gasteiger partial charge >= 0.3 is 12.1 Å². The molecule has 45 heavy (non-hydrogen) atoms. The van der Waals surface area contributed by atoms with Crippen LogP contribution in [0.4, 0.5) is 22.0 Å². The molecule has 0 unspecified atom stereocenters. The van der Waals surface area contributed by atoms with Gasteiger partial charge in [0.25, 0.3) is 11.8 Å². The monoisotopic (exact) mass is 611 g/mol. The third-order valence-electron chi connectivity index (χ3n) is 7.33. The molecule has 0 radical (unpaired) electrons. The van der Waals surface area contributed by atoms with E-state index in [-0.39, 0.29) is 24.2 Å². The van der Waals surface area contributed by atoms with E-state index in [0.717, 1.165) is 33.1 Å². The van der Waals surface area contributed by atoms with E-state index in [2.05, 4.69) is 25.6 Å². The minimum Gasteiger partial charge on any atom is -0.460 e. The summed E-state index contributed by atoms with van der Waals surface area (Å²) in [6, 6.07) is 12.6. The maximum atomic E-state index is 13.7. The van der Waals surface area contributed by atoms with E-state index in [9.17, 15) is 19.2 Å². The molecule has 0 atom stereocenters. The van der Waals surface area contributed by atoms with Gasteiger partial charge in [0.1, 0.15) is 17.0 Å². The number of aromatic amines is 2. The lowest BCUT2D eigenvalue weighted by atomic mass is 10.1. The minimum absolute atomic E-state index is 0.0826. The van der Waals surface area contributed by atoms with Crippen molar-refractivity contribution < 1.29 is 28.7 Å². The maximum Gasteiger partial charge on any atom is 0.412 e. The highest BCUT2D eigenvalue weighted by atomic mass is 16.6. The highest BCUT2D eigenvalue weighted by Crippen LogP contribution is 2.36. The number of carbonyl (C=O) groups excluding carboxylic acids is 4. The van der Waals surface area contributed by atoms with Gasteiger partial charge in [-0.25, -0.2) is 14.6 Å². The molecule has 4 N–H and O–H groups in total. The normalized spacial score (nSPS) is 12.8. The van der Waals surface area contributed by atoms with E-state index in [4.69, 9.17) is 9.47 Å². The van der Waals surface area contributed by atoms with Crippen molar-refractivity contribution in [3.05, 3.63) is 71.4 Å². The summed E-state index contributed by atoms with van der Waals surface area (Å²) in [4.78, 5) is 63.3. The number of ether oxygens (including phenoxy) is 2. The largest absolute Gasteiger partial charge is 0.460 e.